The average Bonchev–Trinajstić information content (AvgIpc) is 3.04. The van der Waals surface area contributed by atoms with Gasteiger partial charge in [0.2, 0.25) is 5.91 Å². The first-order chi connectivity index (χ1) is 14.5. The van der Waals surface area contributed by atoms with E-state index in [4.69, 9.17) is 5.84 Å². The molecule has 8 heteroatoms. The first kappa shape index (κ1) is 21.3. The fourth-order valence-electron chi connectivity index (χ4n) is 3.50. The van der Waals surface area contributed by atoms with Crippen molar-refractivity contribution in [1.82, 2.24) is 15.2 Å². The van der Waals surface area contributed by atoms with Crippen LogP contribution in [0.1, 0.15) is 29.3 Å². The van der Waals surface area contributed by atoms with E-state index in [1.54, 1.807) is 33.8 Å². The van der Waals surface area contributed by atoms with Gasteiger partial charge < -0.3 is 9.80 Å². The molecule has 2 aromatic carbocycles. The molecule has 3 N–H and O–H groups in total. The molecule has 0 saturated carbocycles. The molecule has 0 aliphatic carbocycles. The van der Waals surface area contributed by atoms with E-state index < -0.39 is 0 Å². The maximum atomic E-state index is 13.4. The van der Waals surface area contributed by atoms with Gasteiger partial charge in [-0.3, -0.25) is 19.9 Å². The molecule has 1 aliphatic heterocycles. The van der Waals surface area contributed by atoms with E-state index in [0.29, 0.717) is 38.3 Å². The molecule has 1 aliphatic rings. The lowest BCUT2D eigenvalue weighted by molar-refractivity contribution is -0.128. The van der Waals surface area contributed by atoms with Gasteiger partial charge in [0.15, 0.2) is 0 Å². The van der Waals surface area contributed by atoms with Crippen molar-refractivity contribution >= 4 is 23.5 Å². The van der Waals surface area contributed by atoms with Gasteiger partial charge in [-0.2, -0.15) is 0 Å². The number of hydrazine groups is 1. The van der Waals surface area contributed by atoms with E-state index in [9.17, 15) is 14.4 Å². The predicted octanol–water partition coefficient (Wildman–Crippen LogP) is 1.97. The number of anilines is 1. The number of carbonyl (C=O) groups excluding carboxylic acids is 3. The normalized spacial score (nSPS) is 14.1. The molecule has 0 unspecified atom stereocenters. The van der Waals surface area contributed by atoms with Gasteiger partial charge in [0.1, 0.15) is 0 Å². The van der Waals surface area contributed by atoms with Crippen molar-refractivity contribution in [2.75, 3.05) is 31.1 Å². The number of urea groups is 1. The number of benzene rings is 2. The first-order valence-corrected chi connectivity index (χ1v) is 9.96. The summed E-state index contributed by atoms with van der Waals surface area (Å²) in [6, 6.07) is 16.4. The Balaban J connectivity index is 1.80. The number of nitrogens with zero attached hydrogens (tertiary/aromatic N) is 3. The second-order valence-electron chi connectivity index (χ2n) is 7.22. The minimum atomic E-state index is -0.364. The van der Waals surface area contributed by atoms with Crippen LogP contribution in [0.15, 0.2) is 54.6 Å². The van der Waals surface area contributed by atoms with Crippen molar-refractivity contribution < 1.29 is 14.4 Å². The van der Waals surface area contributed by atoms with Gasteiger partial charge in [0.05, 0.1) is 6.54 Å². The number of hydrogen-bond acceptors (Lipinski definition) is 4. The SMILES string of the molecule is CC(=O)N1CCCN(C(=O)N(Cc2ccc(C(=O)NN)cc2)c2ccccc2)CC1. The molecule has 8 nitrogen and oxygen atoms in total. The van der Waals surface area contributed by atoms with Crippen LogP contribution in [0.4, 0.5) is 10.5 Å². The smallest absolute Gasteiger partial charge is 0.324 e. The van der Waals surface area contributed by atoms with Crippen molar-refractivity contribution in [3.63, 3.8) is 0 Å². The molecular weight excluding hydrogens is 382 g/mol. The van der Waals surface area contributed by atoms with Gasteiger partial charge in [0.25, 0.3) is 5.91 Å². The van der Waals surface area contributed by atoms with Crippen LogP contribution in [0.5, 0.6) is 0 Å². The Morgan fingerprint density at radius 2 is 1.57 bits per heavy atom. The topological polar surface area (TPSA) is 99.0 Å². The zero-order valence-corrected chi connectivity index (χ0v) is 17.1. The molecule has 0 atom stereocenters. The molecule has 0 bridgehead atoms. The summed E-state index contributed by atoms with van der Waals surface area (Å²) in [5.41, 5.74) is 4.24. The van der Waals surface area contributed by atoms with E-state index in [2.05, 4.69) is 5.43 Å². The number of para-hydroxylation sites is 1. The van der Waals surface area contributed by atoms with E-state index in [-0.39, 0.29) is 17.8 Å². The summed E-state index contributed by atoms with van der Waals surface area (Å²) in [6.45, 7) is 4.21. The molecule has 0 radical (unpaired) electrons. The monoisotopic (exact) mass is 409 g/mol. The minimum absolute atomic E-state index is 0.0332. The van der Waals surface area contributed by atoms with E-state index in [1.165, 1.54) is 0 Å². The highest BCUT2D eigenvalue weighted by molar-refractivity contribution is 5.94. The summed E-state index contributed by atoms with van der Waals surface area (Å²) in [5, 5.41) is 0. The summed E-state index contributed by atoms with van der Waals surface area (Å²) >= 11 is 0. The Bertz CT molecular complexity index is 885. The van der Waals surface area contributed by atoms with Gasteiger partial charge in [-0.05, 0) is 36.2 Å². The molecule has 1 heterocycles. The third-order valence-electron chi connectivity index (χ3n) is 5.20. The maximum Gasteiger partial charge on any atom is 0.324 e. The second kappa shape index (κ2) is 9.89. The summed E-state index contributed by atoms with van der Waals surface area (Å²) < 4.78 is 0. The van der Waals surface area contributed by atoms with Crippen molar-refractivity contribution in [2.24, 2.45) is 5.84 Å². The largest absolute Gasteiger partial charge is 0.341 e. The summed E-state index contributed by atoms with van der Waals surface area (Å²) in [4.78, 5) is 42.1. The van der Waals surface area contributed by atoms with Gasteiger partial charge in [-0.1, -0.05) is 30.3 Å². The highest BCUT2D eigenvalue weighted by Gasteiger charge is 2.25. The zero-order chi connectivity index (χ0) is 21.5. The first-order valence-electron chi connectivity index (χ1n) is 9.96. The Morgan fingerprint density at radius 1 is 0.933 bits per heavy atom. The quantitative estimate of drug-likeness (QED) is 0.458. The van der Waals surface area contributed by atoms with E-state index >= 15 is 0 Å². The van der Waals surface area contributed by atoms with Crippen LogP contribution in [-0.2, 0) is 11.3 Å². The summed E-state index contributed by atoms with van der Waals surface area (Å²) in [5.74, 6) is 4.85. The molecule has 1 fully saturated rings. The third-order valence-corrected chi connectivity index (χ3v) is 5.20. The zero-order valence-electron chi connectivity index (χ0n) is 17.1. The standard InChI is InChI=1S/C22H27N5O3/c1-17(28)25-12-5-13-26(15-14-25)22(30)27(20-6-3-2-4-7-20)16-18-8-10-19(11-9-18)21(29)24-23/h2-4,6-11H,5,12-16,23H2,1H3,(H,24,29). The van der Waals surface area contributed by atoms with Gasteiger partial charge >= 0.3 is 6.03 Å². The van der Waals surface area contributed by atoms with Gasteiger partial charge in [0, 0.05) is 44.4 Å². The minimum Gasteiger partial charge on any atom is -0.341 e. The number of rotatable bonds is 4. The van der Waals surface area contributed by atoms with Crippen molar-refractivity contribution in [3.05, 3.63) is 65.7 Å². The molecule has 1 saturated heterocycles. The van der Waals surface area contributed by atoms with Crippen molar-refractivity contribution in [3.8, 4) is 0 Å². The van der Waals surface area contributed by atoms with Crippen LogP contribution in [0, 0.1) is 0 Å². The number of nitrogens with two attached hydrogens (primary N) is 1. The number of nitrogens with one attached hydrogen (secondary N) is 1. The fraction of sp³-hybridized carbons (Fsp3) is 0.318. The van der Waals surface area contributed by atoms with E-state index in [1.807, 2.05) is 42.5 Å². The van der Waals surface area contributed by atoms with Gasteiger partial charge in [-0.15, -0.1) is 0 Å². The lowest BCUT2D eigenvalue weighted by Crippen LogP contribution is -2.45. The Kier molecular flexibility index (Phi) is 7.03. The van der Waals surface area contributed by atoms with Crippen LogP contribution in [0.25, 0.3) is 0 Å². The Morgan fingerprint density at radius 3 is 2.20 bits per heavy atom. The van der Waals surface area contributed by atoms with E-state index in [0.717, 1.165) is 17.7 Å². The average molecular weight is 409 g/mol. The van der Waals surface area contributed by atoms with Crippen LogP contribution in [-0.4, -0.2) is 53.8 Å². The maximum absolute atomic E-state index is 13.4. The molecule has 3 rings (SSSR count). The molecule has 30 heavy (non-hydrogen) atoms. The lowest BCUT2D eigenvalue weighted by Gasteiger charge is -2.30. The number of hydrogen-bond donors (Lipinski definition) is 2. The van der Waals surface area contributed by atoms with Crippen molar-refractivity contribution in [1.29, 1.82) is 0 Å². The fourth-order valence-corrected chi connectivity index (χ4v) is 3.50. The molecule has 0 spiro atoms. The Labute approximate surface area is 176 Å². The van der Waals surface area contributed by atoms with Crippen LogP contribution in [0.2, 0.25) is 0 Å². The second-order valence-corrected chi connectivity index (χ2v) is 7.22. The highest BCUT2D eigenvalue weighted by atomic mass is 16.2. The van der Waals surface area contributed by atoms with Crippen LogP contribution >= 0.6 is 0 Å². The predicted molar refractivity (Wildman–Crippen MR) is 115 cm³/mol. The summed E-state index contributed by atoms with van der Waals surface area (Å²) in [7, 11) is 0. The molecule has 158 valence electrons. The van der Waals surface area contributed by atoms with Crippen molar-refractivity contribution in [2.45, 2.75) is 19.9 Å². The molecule has 2 aromatic rings. The number of carbonyl (C=O) groups is 3. The molecular formula is C22H27N5O3. The third kappa shape index (κ3) is 5.15. The molecule has 4 amide bonds. The summed E-state index contributed by atoms with van der Waals surface area (Å²) in [6.07, 6.45) is 0.747. The van der Waals surface area contributed by atoms with Crippen LogP contribution in [0.3, 0.4) is 0 Å². The number of nitrogen functional groups attached to an aromatic ring is 1. The molecule has 0 aromatic heterocycles. The lowest BCUT2D eigenvalue weighted by atomic mass is 10.1. The highest BCUT2D eigenvalue weighted by Crippen LogP contribution is 2.20. The van der Waals surface area contributed by atoms with Gasteiger partial charge in [-0.25, -0.2) is 10.6 Å². The number of amides is 4. The Hall–Kier alpha value is -3.39. The van der Waals surface area contributed by atoms with Crippen LogP contribution < -0.4 is 16.2 Å².